The molecule has 7 heteroatoms. The average molecular weight is 395 g/mol. The molecule has 2 aliphatic heterocycles. The first kappa shape index (κ1) is 19.5. The summed E-state index contributed by atoms with van der Waals surface area (Å²) < 4.78 is 2.12. The number of rotatable bonds is 4. The Bertz CT molecular complexity index is 921. The van der Waals surface area contributed by atoms with Gasteiger partial charge in [-0.3, -0.25) is 19.7 Å². The van der Waals surface area contributed by atoms with Crippen LogP contribution in [-0.4, -0.2) is 59.6 Å². The average Bonchev–Trinajstić information content (AvgIpc) is 3.04. The molecular formula is C22H27N4O3+. The van der Waals surface area contributed by atoms with Crippen molar-refractivity contribution in [2.45, 2.75) is 44.3 Å². The van der Waals surface area contributed by atoms with Crippen molar-refractivity contribution in [3.05, 3.63) is 41.5 Å². The molecule has 1 aliphatic carbocycles. The Kier molecular flexibility index (Phi) is 5.32. The van der Waals surface area contributed by atoms with Crippen LogP contribution < -0.4 is 10.6 Å². The first-order valence-electron chi connectivity index (χ1n) is 10.2. The molecule has 152 valence electrons. The smallest absolute Gasteiger partial charge is 0.255 e. The van der Waals surface area contributed by atoms with Crippen molar-refractivity contribution in [2.24, 2.45) is 5.92 Å². The lowest BCUT2D eigenvalue weighted by molar-refractivity contribution is -0.402. The van der Waals surface area contributed by atoms with Gasteiger partial charge in [0.05, 0.1) is 5.92 Å². The highest BCUT2D eigenvalue weighted by Gasteiger charge is 2.39. The van der Waals surface area contributed by atoms with Crippen LogP contribution in [0.5, 0.6) is 0 Å². The SMILES string of the molecule is CN[C@H]1CC=CCC1C=[N+](C)c1ccc2c(c1)CN(C1CCC(=O)NC1=O)C2=O. The Balaban J connectivity index is 1.54. The van der Waals surface area contributed by atoms with Crippen LogP contribution in [0.3, 0.4) is 0 Å². The molecule has 7 nitrogen and oxygen atoms in total. The minimum atomic E-state index is -0.578. The van der Waals surface area contributed by atoms with E-state index in [-0.39, 0.29) is 24.1 Å². The molecule has 0 saturated carbocycles. The summed E-state index contributed by atoms with van der Waals surface area (Å²) in [6, 6.07) is 5.67. The summed E-state index contributed by atoms with van der Waals surface area (Å²) in [5.41, 5.74) is 2.58. The monoisotopic (exact) mass is 395 g/mol. The molecule has 1 aromatic carbocycles. The topological polar surface area (TPSA) is 81.5 Å². The Labute approximate surface area is 170 Å². The molecule has 4 rings (SSSR count). The van der Waals surface area contributed by atoms with E-state index in [0.717, 1.165) is 24.1 Å². The number of hydrogen-bond donors (Lipinski definition) is 2. The third-order valence-electron chi connectivity index (χ3n) is 6.18. The molecule has 0 spiro atoms. The summed E-state index contributed by atoms with van der Waals surface area (Å²) in [5, 5.41) is 5.73. The molecule has 1 aromatic rings. The van der Waals surface area contributed by atoms with Gasteiger partial charge in [0.2, 0.25) is 17.5 Å². The standard InChI is InChI=1S/C22H26N4O3/c1-23-18-6-4-3-5-14(18)12-25(2)16-7-8-17-15(11-16)13-26(22(17)29)19-9-10-20(27)24-21(19)28/h3-4,7-8,11-12,14,18-19,23H,5-6,9-10,13H2,1-2H3/p+1/t14?,18-,19?/m0/s1. The molecule has 0 aromatic heterocycles. The van der Waals surface area contributed by atoms with E-state index in [1.54, 1.807) is 4.90 Å². The molecular weight excluding hydrogens is 368 g/mol. The summed E-state index contributed by atoms with van der Waals surface area (Å²) in [7, 11) is 4.02. The van der Waals surface area contributed by atoms with E-state index >= 15 is 0 Å². The van der Waals surface area contributed by atoms with Crippen LogP contribution in [0.4, 0.5) is 5.69 Å². The lowest BCUT2D eigenvalue weighted by Crippen LogP contribution is -2.52. The molecule has 29 heavy (non-hydrogen) atoms. The summed E-state index contributed by atoms with van der Waals surface area (Å²) in [5.74, 6) is -0.381. The lowest BCUT2D eigenvalue weighted by Gasteiger charge is -2.29. The zero-order valence-electron chi connectivity index (χ0n) is 16.9. The van der Waals surface area contributed by atoms with Gasteiger partial charge >= 0.3 is 0 Å². The van der Waals surface area contributed by atoms with E-state index in [4.69, 9.17) is 0 Å². The van der Waals surface area contributed by atoms with Crippen molar-refractivity contribution in [1.29, 1.82) is 0 Å². The van der Waals surface area contributed by atoms with Gasteiger partial charge in [0.25, 0.3) is 5.91 Å². The maximum absolute atomic E-state index is 12.8. The predicted molar refractivity (Wildman–Crippen MR) is 109 cm³/mol. The maximum atomic E-state index is 12.8. The second kappa shape index (κ2) is 7.91. The van der Waals surface area contributed by atoms with Crippen LogP contribution in [-0.2, 0) is 16.1 Å². The summed E-state index contributed by atoms with van der Waals surface area (Å²) in [4.78, 5) is 38.0. The van der Waals surface area contributed by atoms with Crippen molar-refractivity contribution in [1.82, 2.24) is 15.5 Å². The van der Waals surface area contributed by atoms with E-state index in [1.807, 2.05) is 32.3 Å². The Hall–Kier alpha value is -2.80. The van der Waals surface area contributed by atoms with Crippen molar-refractivity contribution >= 4 is 29.6 Å². The number of carbonyl (C=O) groups is 3. The van der Waals surface area contributed by atoms with E-state index in [9.17, 15) is 14.4 Å². The fourth-order valence-corrected chi connectivity index (χ4v) is 4.49. The molecule has 0 bridgehead atoms. The minimum Gasteiger partial charge on any atom is -0.322 e. The van der Waals surface area contributed by atoms with Gasteiger partial charge in [-0.1, -0.05) is 12.2 Å². The molecule has 3 atom stereocenters. The highest BCUT2D eigenvalue weighted by molar-refractivity contribution is 6.05. The molecule has 2 unspecified atom stereocenters. The third-order valence-corrected chi connectivity index (χ3v) is 6.18. The van der Waals surface area contributed by atoms with Gasteiger partial charge in [0.1, 0.15) is 13.1 Å². The number of amides is 3. The molecule has 0 radical (unpaired) electrons. The normalized spacial score (nSPS) is 27.2. The lowest BCUT2D eigenvalue weighted by atomic mass is 9.90. The molecule has 2 N–H and O–H groups in total. The van der Waals surface area contributed by atoms with Crippen LogP contribution in [0.2, 0.25) is 0 Å². The molecule has 2 heterocycles. The van der Waals surface area contributed by atoms with E-state index in [1.165, 1.54) is 0 Å². The van der Waals surface area contributed by atoms with Gasteiger partial charge in [0.15, 0.2) is 6.21 Å². The fraction of sp³-hybridized carbons (Fsp3) is 0.455. The number of piperidine rings is 1. The first-order chi connectivity index (χ1) is 14.0. The highest BCUT2D eigenvalue weighted by atomic mass is 16.2. The van der Waals surface area contributed by atoms with Crippen molar-refractivity contribution < 1.29 is 19.0 Å². The van der Waals surface area contributed by atoms with Crippen LogP contribution in [0.1, 0.15) is 41.6 Å². The third kappa shape index (κ3) is 3.74. The Morgan fingerprint density at radius 2 is 2.00 bits per heavy atom. The van der Waals surface area contributed by atoms with E-state index < -0.39 is 6.04 Å². The van der Waals surface area contributed by atoms with Gasteiger partial charge in [0, 0.05) is 36.7 Å². The van der Waals surface area contributed by atoms with Crippen molar-refractivity contribution in [2.75, 3.05) is 14.1 Å². The molecule has 1 fully saturated rings. The predicted octanol–water partition coefficient (Wildman–Crippen LogP) is 1.35. The quantitative estimate of drug-likeness (QED) is 0.349. The first-order valence-corrected chi connectivity index (χ1v) is 10.2. The summed E-state index contributed by atoms with van der Waals surface area (Å²) in [6.07, 6.45) is 9.35. The Morgan fingerprint density at radius 1 is 1.21 bits per heavy atom. The number of benzene rings is 1. The van der Waals surface area contributed by atoms with Crippen LogP contribution in [0, 0.1) is 5.92 Å². The highest BCUT2D eigenvalue weighted by Crippen LogP contribution is 2.30. The summed E-state index contributed by atoms with van der Waals surface area (Å²) in [6.45, 7) is 0.396. The second-order valence-corrected chi connectivity index (χ2v) is 8.00. The zero-order chi connectivity index (χ0) is 20.5. The Morgan fingerprint density at radius 3 is 2.76 bits per heavy atom. The number of carbonyl (C=O) groups excluding carboxylic acids is 3. The van der Waals surface area contributed by atoms with Crippen molar-refractivity contribution in [3.63, 3.8) is 0 Å². The van der Waals surface area contributed by atoms with Gasteiger partial charge in [-0.2, -0.15) is 0 Å². The number of nitrogens with one attached hydrogen (secondary N) is 2. The van der Waals surface area contributed by atoms with Gasteiger partial charge < -0.3 is 10.2 Å². The fourth-order valence-electron chi connectivity index (χ4n) is 4.49. The number of hydrogen-bond acceptors (Lipinski definition) is 4. The summed E-state index contributed by atoms with van der Waals surface area (Å²) >= 11 is 0. The van der Waals surface area contributed by atoms with Crippen LogP contribution >= 0.6 is 0 Å². The number of nitrogens with zero attached hydrogens (tertiary/aromatic N) is 2. The van der Waals surface area contributed by atoms with E-state index in [0.29, 0.717) is 30.5 Å². The zero-order valence-corrected chi connectivity index (χ0v) is 16.9. The van der Waals surface area contributed by atoms with Crippen molar-refractivity contribution in [3.8, 4) is 0 Å². The second-order valence-electron chi connectivity index (χ2n) is 8.00. The maximum Gasteiger partial charge on any atom is 0.255 e. The van der Waals surface area contributed by atoms with Gasteiger partial charge in [-0.25, -0.2) is 4.58 Å². The number of allylic oxidation sites excluding steroid dienone is 1. The molecule has 3 aliphatic rings. The number of imide groups is 1. The molecule has 3 amide bonds. The van der Waals surface area contributed by atoms with Crippen LogP contribution in [0.15, 0.2) is 30.4 Å². The van der Waals surface area contributed by atoms with E-state index in [2.05, 4.69) is 33.6 Å². The van der Waals surface area contributed by atoms with Crippen LogP contribution in [0.25, 0.3) is 0 Å². The largest absolute Gasteiger partial charge is 0.322 e. The number of fused-ring (bicyclic) bond motifs is 1. The van der Waals surface area contributed by atoms with Gasteiger partial charge in [-0.05, 0) is 37.9 Å². The van der Waals surface area contributed by atoms with Gasteiger partial charge in [-0.15, -0.1) is 0 Å². The molecule has 1 saturated heterocycles. The minimum absolute atomic E-state index is 0.139.